The molecule has 0 fully saturated rings. The van der Waals surface area contributed by atoms with Crippen molar-refractivity contribution in [3.63, 3.8) is 0 Å². The molecule has 0 bridgehead atoms. The van der Waals surface area contributed by atoms with Gasteiger partial charge < -0.3 is 19.5 Å². The number of rotatable bonds is 10. The maximum atomic E-state index is 13.0. The lowest BCUT2D eigenvalue weighted by Gasteiger charge is -2.24. The van der Waals surface area contributed by atoms with Gasteiger partial charge in [-0.25, -0.2) is 0 Å². The van der Waals surface area contributed by atoms with Crippen molar-refractivity contribution in [3.8, 4) is 17.2 Å². The van der Waals surface area contributed by atoms with Crippen molar-refractivity contribution in [1.29, 1.82) is 0 Å². The molecule has 36 heavy (non-hydrogen) atoms. The minimum Gasteiger partial charge on any atom is -0.508 e. The number of aromatic nitrogens is 1. The van der Waals surface area contributed by atoms with Crippen LogP contribution in [0.25, 0.3) is 10.1 Å². The summed E-state index contributed by atoms with van der Waals surface area (Å²) in [6.07, 6.45) is 0. The first-order valence-electron chi connectivity index (χ1n) is 11.9. The van der Waals surface area contributed by atoms with E-state index in [0.29, 0.717) is 30.0 Å². The predicted octanol–water partition coefficient (Wildman–Crippen LogP) is 4.92. The second-order valence-corrected chi connectivity index (χ2v) is 9.99. The number of hydrogen-bond donors (Lipinski definition) is 1. The molecule has 1 heterocycles. The third kappa shape index (κ3) is 5.34. The minimum absolute atomic E-state index is 0.0868. The average Bonchev–Trinajstić information content (AvgIpc) is 3.18. The molecular weight excluding hydrogens is 474 g/mol. The summed E-state index contributed by atoms with van der Waals surface area (Å²) in [6.45, 7) is 4.78. The zero-order valence-electron chi connectivity index (χ0n) is 21.4. The predicted molar refractivity (Wildman–Crippen MR) is 147 cm³/mol. The Hall–Kier alpha value is -3.49. The highest BCUT2D eigenvalue weighted by Crippen LogP contribution is 2.33. The third-order valence-electron chi connectivity index (χ3n) is 6.34. The molecule has 0 radical (unpaired) electrons. The van der Waals surface area contributed by atoms with Gasteiger partial charge in [0.1, 0.15) is 5.75 Å². The van der Waals surface area contributed by atoms with Crippen molar-refractivity contribution in [3.05, 3.63) is 81.6 Å². The van der Waals surface area contributed by atoms with Crippen LogP contribution in [-0.2, 0) is 19.6 Å². The molecule has 0 amide bonds. The van der Waals surface area contributed by atoms with E-state index in [-0.39, 0.29) is 11.3 Å². The number of hydrogen-bond acceptors (Lipinski definition) is 7. The van der Waals surface area contributed by atoms with Crippen LogP contribution in [0.15, 0.2) is 59.4 Å². The first kappa shape index (κ1) is 25.6. The summed E-state index contributed by atoms with van der Waals surface area (Å²) in [7, 11) is 7.23. The Bertz CT molecular complexity index is 1410. The van der Waals surface area contributed by atoms with E-state index in [9.17, 15) is 9.90 Å². The number of ether oxygens (including phenoxy) is 2. The highest BCUT2D eigenvalue weighted by atomic mass is 32.1. The molecule has 0 aliphatic heterocycles. The Morgan fingerprint density at radius 1 is 0.944 bits per heavy atom. The molecule has 0 aliphatic carbocycles. The van der Waals surface area contributed by atoms with Gasteiger partial charge in [0.15, 0.2) is 11.5 Å². The van der Waals surface area contributed by atoms with Gasteiger partial charge in [-0.2, -0.15) is 0 Å². The van der Waals surface area contributed by atoms with Crippen molar-refractivity contribution in [2.75, 3.05) is 39.8 Å². The lowest BCUT2D eigenvalue weighted by molar-refractivity contribution is 0.267. The molecule has 0 saturated carbocycles. The minimum atomic E-state index is -0.0868. The van der Waals surface area contributed by atoms with Gasteiger partial charge in [-0.1, -0.05) is 48.8 Å². The fourth-order valence-corrected chi connectivity index (χ4v) is 5.39. The summed E-state index contributed by atoms with van der Waals surface area (Å²) < 4.78 is 13.2. The van der Waals surface area contributed by atoms with E-state index >= 15 is 0 Å². The average molecular weight is 508 g/mol. The second-order valence-electron chi connectivity index (χ2n) is 8.93. The number of nitrogens with zero attached hydrogens (tertiary/aromatic N) is 3. The molecule has 1 N–H and O–H groups in total. The summed E-state index contributed by atoms with van der Waals surface area (Å²) >= 11 is 1.37. The van der Waals surface area contributed by atoms with E-state index in [1.807, 2.05) is 18.2 Å². The summed E-state index contributed by atoms with van der Waals surface area (Å²) in [4.78, 5) is 17.4. The Kier molecular flexibility index (Phi) is 7.86. The number of fused-ring (bicyclic) bond motifs is 1. The molecule has 0 atom stereocenters. The van der Waals surface area contributed by atoms with Crippen LogP contribution in [0.5, 0.6) is 17.2 Å². The van der Waals surface area contributed by atoms with E-state index in [2.05, 4.69) is 55.1 Å². The van der Waals surface area contributed by atoms with Crippen LogP contribution in [0.2, 0.25) is 0 Å². The molecule has 3 aromatic carbocycles. The number of phenolic OH excluding ortho intramolecular Hbond substituents is 1. The van der Waals surface area contributed by atoms with Crippen LogP contribution in [0.1, 0.15) is 23.6 Å². The molecule has 0 spiro atoms. The van der Waals surface area contributed by atoms with E-state index in [4.69, 9.17) is 9.47 Å². The summed E-state index contributed by atoms with van der Waals surface area (Å²) in [5, 5.41) is 11.4. The fourth-order valence-electron chi connectivity index (χ4n) is 4.35. The van der Waals surface area contributed by atoms with Crippen molar-refractivity contribution in [2.45, 2.75) is 26.6 Å². The van der Waals surface area contributed by atoms with Gasteiger partial charge in [0.2, 0.25) is 0 Å². The number of para-hydroxylation sites is 1. The highest BCUT2D eigenvalue weighted by Gasteiger charge is 2.15. The van der Waals surface area contributed by atoms with Gasteiger partial charge in [-0.3, -0.25) is 13.7 Å². The Morgan fingerprint density at radius 2 is 1.64 bits per heavy atom. The quantitative estimate of drug-likeness (QED) is 0.329. The number of aromatic hydroxyl groups is 1. The standard InChI is InChI=1S/C28H33N3O4S/c1-6-30(17-20-9-7-8-10-23(20)29(2)3)18-21-12-11-19(13-24(21)32)16-31-28(33)22-14-25(34-4)26(35-5)15-27(22)36-31/h7-15,32H,6,16-18H2,1-5H3. The Balaban J connectivity index is 1.52. The SMILES string of the molecule is CCN(Cc1ccc(Cn2sc3cc(OC)c(OC)cc3c2=O)cc1O)Cc1ccccc1N(C)C. The molecule has 1 aromatic heterocycles. The van der Waals surface area contributed by atoms with Crippen molar-refractivity contribution < 1.29 is 14.6 Å². The van der Waals surface area contributed by atoms with E-state index in [1.54, 1.807) is 30.3 Å². The zero-order valence-corrected chi connectivity index (χ0v) is 22.3. The van der Waals surface area contributed by atoms with Gasteiger partial charge in [0, 0.05) is 44.5 Å². The summed E-state index contributed by atoms with van der Waals surface area (Å²) in [5.74, 6) is 1.36. The maximum Gasteiger partial charge on any atom is 0.268 e. The van der Waals surface area contributed by atoms with Crippen LogP contribution in [0, 0.1) is 0 Å². The van der Waals surface area contributed by atoms with Crippen molar-refractivity contribution >= 4 is 27.3 Å². The van der Waals surface area contributed by atoms with Crippen LogP contribution >= 0.6 is 11.5 Å². The topological polar surface area (TPSA) is 67.2 Å². The van der Waals surface area contributed by atoms with Crippen molar-refractivity contribution in [2.24, 2.45) is 0 Å². The second kappa shape index (κ2) is 11.1. The largest absolute Gasteiger partial charge is 0.508 e. The van der Waals surface area contributed by atoms with Crippen LogP contribution in [-0.4, -0.2) is 48.8 Å². The molecular formula is C28H33N3O4S. The third-order valence-corrected chi connectivity index (χ3v) is 7.39. The van der Waals surface area contributed by atoms with Crippen LogP contribution < -0.4 is 19.9 Å². The number of methoxy groups -OCH3 is 2. The number of anilines is 1. The summed E-state index contributed by atoms with van der Waals surface area (Å²) in [6, 6.07) is 17.6. The van der Waals surface area contributed by atoms with Gasteiger partial charge >= 0.3 is 0 Å². The Morgan fingerprint density at radius 3 is 2.31 bits per heavy atom. The lowest BCUT2D eigenvalue weighted by Crippen LogP contribution is -2.24. The monoisotopic (exact) mass is 507 g/mol. The highest BCUT2D eigenvalue weighted by molar-refractivity contribution is 7.13. The van der Waals surface area contributed by atoms with Gasteiger partial charge in [-0.15, -0.1) is 0 Å². The molecule has 0 saturated heterocycles. The normalized spacial score (nSPS) is 11.3. The molecule has 4 rings (SSSR count). The van der Waals surface area contributed by atoms with Crippen molar-refractivity contribution in [1.82, 2.24) is 8.86 Å². The van der Waals surface area contributed by atoms with Crippen LogP contribution in [0.3, 0.4) is 0 Å². The van der Waals surface area contributed by atoms with E-state index < -0.39 is 0 Å². The Labute approximate surface area is 215 Å². The number of phenols is 1. The smallest absolute Gasteiger partial charge is 0.268 e. The first-order chi connectivity index (χ1) is 17.3. The first-order valence-corrected chi connectivity index (χ1v) is 12.7. The molecule has 0 unspecified atom stereocenters. The molecule has 8 heteroatoms. The van der Waals surface area contributed by atoms with Crippen LogP contribution in [0.4, 0.5) is 5.69 Å². The summed E-state index contributed by atoms with van der Waals surface area (Å²) in [5.41, 5.74) is 4.08. The van der Waals surface area contributed by atoms with Gasteiger partial charge in [0.05, 0.1) is 30.9 Å². The van der Waals surface area contributed by atoms with Gasteiger partial charge in [-0.05, 0) is 35.9 Å². The molecule has 0 aliphatic rings. The molecule has 7 nitrogen and oxygen atoms in total. The number of benzene rings is 3. The van der Waals surface area contributed by atoms with E-state index in [0.717, 1.165) is 28.9 Å². The molecule has 190 valence electrons. The van der Waals surface area contributed by atoms with Gasteiger partial charge in [0.25, 0.3) is 5.56 Å². The lowest BCUT2D eigenvalue weighted by atomic mass is 10.1. The molecule has 4 aromatic rings. The zero-order chi connectivity index (χ0) is 25.8. The maximum absolute atomic E-state index is 13.0. The fraction of sp³-hybridized carbons (Fsp3) is 0.321. The van der Waals surface area contributed by atoms with E-state index in [1.165, 1.54) is 22.8 Å².